The van der Waals surface area contributed by atoms with E-state index in [9.17, 15) is 4.79 Å². The SMILES string of the molecule is Nc1ncnc2c1c(-c1ccccc1)nn2Cc1ccc(C(=O)NCI)cc1. The third-order valence-electron chi connectivity index (χ3n) is 4.38. The van der Waals surface area contributed by atoms with Gasteiger partial charge < -0.3 is 11.1 Å². The van der Waals surface area contributed by atoms with E-state index in [1.54, 1.807) is 0 Å². The van der Waals surface area contributed by atoms with E-state index in [-0.39, 0.29) is 5.91 Å². The zero-order chi connectivity index (χ0) is 19.5. The van der Waals surface area contributed by atoms with Gasteiger partial charge in [0.15, 0.2) is 5.65 Å². The lowest BCUT2D eigenvalue weighted by molar-refractivity contribution is 0.0962. The first kappa shape index (κ1) is 18.4. The maximum atomic E-state index is 11.9. The lowest BCUT2D eigenvalue weighted by Gasteiger charge is -2.05. The molecular formula is C20H17IN6O. The molecule has 0 bridgehead atoms. The molecule has 0 aliphatic rings. The number of alkyl halides is 1. The van der Waals surface area contributed by atoms with E-state index in [4.69, 9.17) is 10.8 Å². The molecule has 2 heterocycles. The number of nitrogens with two attached hydrogens (primary N) is 1. The van der Waals surface area contributed by atoms with Crippen LogP contribution in [0.5, 0.6) is 0 Å². The highest BCUT2D eigenvalue weighted by Crippen LogP contribution is 2.30. The predicted molar refractivity (Wildman–Crippen MR) is 117 cm³/mol. The molecule has 0 unspecified atom stereocenters. The van der Waals surface area contributed by atoms with Crippen LogP contribution in [0.3, 0.4) is 0 Å². The summed E-state index contributed by atoms with van der Waals surface area (Å²) >= 11 is 2.10. The van der Waals surface area contributed by atoms with Crippen molar-refractivity contribution in [3.05, 3.63) is 72.1 Å². The van der Waals surface area contributed by atoms with Crippen molar-refractivity contribution in [1.29, 1.82) is 0 Å². The molecule has 0 spiro atoms. The van der Waals surface area contributed by atoms with Crippen molar-refractivity contribution in [1.82, 2.24) is 25.1 Å². The average molecular weight is 484 g/mol. The maximum absolute atomic E-state index is 11.9. The summed E-state index contributed by atoms with van der Waals surface area (Å²) in [6.07, 6.45) is 1.45. The molecule has 2 aromatic heterocycles. The van der Waals surface area contributed by atoms with Gasteiger partial charge in [0, 0.05) is 11.1 Å². The van der Waals surface area contributed by atoms with Crippen LogP contribution in [0.1, 0.15) is 15.9 Å². The minimum absolute atomic E-state index is 0.0858. The maximum Gasteiger partial charge on any atom is 0.251 e. The molecule has 1 amide bonds. The number of nitrogens with one attached hydrogen (secondary N) is 1. The van der Waals surface area contributed by atoms with Crippen molar-refractivity contribution in [3.8, 4) is 11.3 Å². The van der Waals surface area contributed by atoms with Crippen molar-refractivity contribution >= 4 is 45.3 Å². The number of halogens is 1. The first-order chi connectivity index (χ1) is 13.7. The lowest BCUT2D eigenvalue weighted by atomic mass is 10.1. The van der Waals surface area contributed by atoms with E-state index >= 15 is 0 Å². The van der Waals surface area contributed by atoms with E-state index in [2.05, 4.69) is 37.9 Å². The fraction of sp³-hybridized carbons (Fsp3) is 0.100. The molecule has 0 saturated heterocycles. The minimum Gasteiger partial charge on any atom is -0.383 e. The Balaban J connectivity index is 1.72. The molecular weight excluding hydrogens is 467 g/mol. The van der Waals surface area contributed by atoms with Gasteiger partial charge in [-0.1, -0.05) is 65.1 Å². The van der Waals surface area contributed by atoms with Crippen LogP contribution in [0.2, 0.25) is 0 Å². The third kappa shape index (κ3) is 3.55. The fourth-order valence-corrected chi connectivity index (χ4v) is 3.38. The molecule has 4 aromatic rings. The highest BCUT2D eigenvalue weighted by Gasteiger charge is 2.17. The van der Waals surface area contributed by atoms with E-state index in [1.807, 2.05) is 59.3 Å². The molecule has 0 radical (unpaired) electrons. The number of anilines is 1. The Bertz CT molecular complexity index is 1120. The van der Waals surface area contributed by atoms with Crippen molar-refractivity contribution < 1.29 is 4.79 Å². The predicted octanol–water partition coefficient (Wildman–Crippen LogP) is 3.25. The Kier molecular flexibility index (Phi) is 5.20. The van der Waals surface area contributed by atoms with Gasteiger partial charge in [0.2, 0.25) is 0 Å². The van der Waals surface area contributed by atoms with Gasteiger partial charge in [-0.15, -0.1) is 0 Å². The topological polar surface area (TPSA) is 98.7 Å². The van der Waals surface area contributed by atoms with Gasteiger partial charge in [-0.05, 0) is 17.7 Å². The standard InChI is InChI=1S/C20H17IN6O/c21-11-23-20(28)15-8-6-13(7-9-15)10-27-19-16(18(22)24-12-25-19)17(26-27)14-4-2-1-3-5-14/h1-9,12H,10-11H2,(H,23,28)(H2,22,24,25). The van der Waals surface area contributed by atoms with Crippen LogP contribution in [-0.2, 0) is 6.54 Å². The van der Waals surface area contributed by atoms with Gasteiger partial charge in [0.05, 0.1) is 16.5 Å². The third-order valence-corrected chi connectivity index (χ3v) is 4.76. The smallest absolute Gasteiger partial charge is 0.251 e. The quantitative estimate of drug-likeness (QED) is 0.258. The fourth-order valence-electron chi connectivity index (χ4n) is 3.04. The summed E-state index contributed by atoms with van der Waals surface area (Å²) < 4.78 is 2.39. The monoisotopic (exact) mass is 484 g/mol. The van der Waals surface area contributed by atoms with E-state index in [0.717, 1.165) is 22.2 Å². The van der Waals surface area contributed by atoms with Gasteiger partial charge in [0.1, 0.15) is 17.8 Å². The zero-order valence-electron chi connectivity index (χ0n) is 14.8. The van der Waals surface area contributed by atoms with Crippen molar-refractivity contribution in [3.63, 3.8) is 0 Å². The van der Waals surface area contributed by atoms with E-state index < -0.39 is 0 Å². The number of hydrogen-bond donors (Lipinski definition) is 2. The van der Waals surface area contributed by atoms with Crippen molar-refractivity contribution in [2.75, 3.05) is 10.3 Å². The highest BCUT2D eigenvalue weighted by molar-refractivity contribution is 14.1. The van der Waals surface area contributed by atoms with E-state index in [1.165, 1.54) is 6.33 Å². The van der Waals surface area contributed by atoms with Crippen LogP contribution in [0.25, 0.3) is 22.3 Å². The first-order valence-electron chi connectivity index (χ1n) is 8.63. The second-order valence-corrected chi connectivity index (χ2v) is 6.93. The second-order valence-electron chi connectivity index (χ2n) is 6.17. The zero-order valence-corrected chi connectivity index (χ0v) is 17.0. The molecule has 4 rings (SSSR count). The van der Waals surface area contributed by atoms with Gasteiger partial charge in [-0.2, -0.15) is 5.10 Å². The number of amides is 1. The molecule has 140 valence electrons. The van der Waals surface area contributed by atoms with Crippen molar-refractivity contribution in [2.24, 2.45) is 0 Å². The molecule has 0 aliphatic heterocycles. The number of nitrogen functional groups attached to an aromatic ring is 1. The molecule has 0 atom stereocenters. The molecule has 0 saturated carbocycles. The first-order valence-corrected chi connectivity index (χ1v) is 10.2. The molecule has 8 heteroatoms. The average Bonchev–Trinajstić information content (AvgIpc) is 3.09. The minimum atomic E-state index is -0.0858. The number of nitrogens with zero attached hydrogens (tertiary/aromatic N) is 4. The number of aromatic nitrogens is 4. The molecule has 28 heavy (non-hydrogen) atoms. The Morgan fingerprint density at radius 2 is 1.82 bits per heavy atom. The van der Waals surface area contributed by atoms with Gasteiger partial charge in [-0.25, -0.2) is 14.6 Å². The Hall–Kier alpha value is -3.01. The van der Waals surface area contributed by atoms with Gasteiger partial charge in [0.25, 0.3) is 5.91 Å². The molecule has 0 aliphatic carbocycles. The number of carbonyl (C=O) groups is 1. The van der Waals surface area contributed by atoms with Crippen LogP contribution < -0.4 is 11.1 Å². The van der Waals surface area contributed by atoms with Crippen molar-refractivity contribution in [2.45, 2.75) is 6.54 Å². The molecule has 0 fully saturated rings. The summed E-state index contributed by atoms with van der Waals surface area (Å²) in [6.45, 7) is 0.508. The van der Waals surface area contributed by atoms with Crippen LogP contribution >= 0.6 is 22.6 Å². The number of benzene rings is 2. The Morgan fingerprint density at radius 1 is 1.07 bits per heavy atom. The molecule has 2 aromatic carbocycles. The van der Waals surface area contributed by atoms with Gasteiger partial charge in [-0.3, -0.25) is 4.79 Å². The lowest BCUT2D eigenvalue weighted by Crippen LogP contribution is -2.21. The summed E-state index contributed by atoms with van der Waals surface area (Å²) in [6, 6.07) is 17.3. The summed E-state index contributed by atoms with van der Waals surface area (Å²) in [5, 5.41) is 8.28. The molecule has 7 nitrogen and oxygen atoms in total. The normalized spacial score (nSPS) is 10.9. The van der Waals surface area contributed by atoms with Crippen LogP contribution in [0, 0.1) is 0 Å². The van der Waals surface area contributed by atoms with Crippen LogP contribution in [0.15, 0.2) is 60.9 Å². The largest absolute Gasteiger partial charge is 0.383 e. The molecule has 3 N–H and O–H groups in total. The van der Waals surface area contributed by atoms with Crippen LogP contribution in [0.4, 0.5) is 5.82 Å². The van der Waals surface area contributed by atoms with Gasteiger partial charge >= 0.3 is 0 Å². The summed E-state index contributed by atoms with van der Waals surface area (Å²) in [7, 11) is 0. The number of carbonyl (C=O) groups excluding carboxylic acids is 1. The number of hydrogen-bond acceptors (Lipinski definition) is 5. The Morgan fingerprint density at radius 3 is 2.54 bits per heavy atom. The van der Waals surface area contributed by atoms with Crippen LogP contribution in [-0.4, -0.2) is 30.2 Å². The number of fused-ring (bicyclic) bond motifs is 1. The Labute approximate surface area is 175 Å². The summed E-state index contributed by atoms with van der Waals surface area (Å²) in [5.74, 6) is 0.318. The van der Waals surface area contributed by atoms with E-state index in [0.29, 0.717) is 28.1 Å². The summed E-state index contributed by atoms with van der Waals surface area (Å²) in [5.41, 5.74) is 10.2. The number of rotatable bonds is 5. The second kappa shape index (κ2) is 7.93. The highest BCUT2D eigenvalue weighted by atomic mass is 127. The summed E-state index contributed by atoms with van der Waals surface area (Å²) in [4.78, 5) is 20.5.